The third kappa shape index (κ3) is 3.45. The van der Waals surface area contributed by atoms with Crippen LogP contribution in [-0.4, -0.2) is 49.5 Å². The van der Waals surface area contributed by atoms with E-state index in [1.165, 1.54) is 7.11 Å². The first-order valence-corrected chi connectivity index (χ1v) is 6.50. The Morgan fingerprint density at radius 1 is 1.14 bits per heavy atom. The number of rotatable bonds is 7. The van der Waals surface area contributed by atoms with Crippen LogP contribution in [0.1, 0.15) is 27.1 Å². The van der Waals surface area contributed by atoms with Gasteiger partial charge >= 0.3 is 0 Å². The molecule has 0 bridgehead atoms. The highest BCUT2D eigenvalue weighted by Crippen LogP contribution is 2.22. The minimum absolute atomic E-state index is 0.0154. The molecule has 1 N–H and O–H groups in total. The molecule has 1 aromatic carbocycles. The molecular weight excluding hydrogens is 276 g/mol. The zero-order valence-electron chi connectivity index (χ0n) is 11.6. The Balaban J connectivity index is 1.84. The highest BCUT2D eigenvalue weighted by atomic mass is 16.7. The number of carbonyl (C=O) groups is 3. The van der Waals surface area contributed by atoms with Crippen LogP contribution in [0, 0.1) is 0 Å². The van der Waals surface area contributed by atoms with Crippen molar-refractivity contribution in [2.24, 2.45) is 0 Å². The lowest BCUT2D eigenvalue weighted by atomic mass is 10.1. The number of benzene rings is 1. The quantitative estimate of drug-likeness (QED) is 0.446. The Labute approximate surface area is 121 Å². The van der Waals surface area contributed by atoms with E-state index in [-0.39, 0.29) is 31.4 Å². The topological polar surface area (TPSA) is 84.9 Å². The van der Waals surface area contributed by atoms with Gasteiger partial charge in [0.1, 0.15) is 0 Å². The zero-order valence-corrected chi connectivity index (χ0v) is 11.6. The molecule has 0 atom stereocenters. The average molecular weight is 292 g/mol. The van der Waals surface area contributed by atoms with Crippen molar-refractivity contribution >= 4 is 17.7 Å². The lowest BCUT2D eigenvalue weighted by Crippen LogP contribution is -2.34. The van der Waals surface area contributed by atoms with Crippen LogP contribution in [-0.2, 0) is 14.4 Å². The molecule has 1 aromatic rings. The molecule has 0 saturated heterocycles. The SMILES string of the molecule is COCCONC(=O)CCN1C(=O)c2ccccc2C1=O. The fourth-order valence-corrected chi connectivity index (χ4v) is 1.96. The second-order valence-corrected chi connectivity index (χ2v) is 4.42. The molecule has 2 rings (SSSR count). The smallest absolute Gasteiger partial charge is 0.261 e. The van der Waals surface area contributed by atoms with Gasteiger partial charge in [-0.2, -0.15) is 0 Å². The monoisotopic (exact) mass is 292 g/mol. The average Bonchev–Trinajstić information content (AvgIpc) is 2.74. The first-order chi connectivity index (χ1) is 10.1. The van der Waals surface area contributed by atoms with Crippen LogP contribution in [0.2, 0.25) is 0 Å². The van der Waals surface area contributed by atoms with Gasteiger partial charge in [0.05, 0.1) is 24.3 Å². The van der Waals surface area contributed by atoms with Crippen LogP contribution in [0.25, 0.3) is 0 Å². The molecule has 1 aliphatic heterocycles. The van der Waals surface area contributed by atoms with Gasteiger partial charge in [0, 0.05) is 20.1 Å². The summed E-state index contributed by atoms with van der Waals surface area (Å²) < 4.78 is 4.76. The summed E-state index contributed by atoms with van der Waals surface area (Å²) in [5.41, 5.74) is 2.97. The molecule has 0 aliphatic carbocycles. The van der Waals surface area contributed by atoms with Crippen LogP contribution >= 0.6 is 0 Å². The van der Waals surface area contributed by atoms with Crippen LogP contribution in [0.5, 0.6) is 0 Å². The molecule has 7 heteroatoms. The van der Waals surface area contributed by atoms with Crippen molar-refractivity contribution in [2.75, 3.05) is 26.9 Å². The van der Waals surface area contributed by atoms with E-state index in [2.05, 4.69) is 5.48 Å². The van der Waals surface area contributed by atoms with Crippen LogP contribution in [0.15, 0.2) is 24.3 Å². The van der Waals surface area contributed by atoms with Crippen LogP contribution in [0.3, 0.4) is 0 Å². The molecule has 21 heavy (non-hydrogen) atoms. The van der Waals surface area contributed by atoms with E-state index in [4.69, 9.17) is 9.57 Å². The molecule has 3 amide bonds. The Bertz CT molecular complexity index is 523. The van der Waals surface area contributed by atoms with Gasteiger partial charge < -0.3 is 4.74 Å². The molecule has 112 valence electrons. The van der Waals surface area contributed by atoms with E-state index >= 15 is 0 Å². The number of fused-ring (bicyclic) bond motifs is 1. The Kier molecular flexibility index (Phi) is 5.02. The molecule has 0 aromatic heterocycles. The number of hydrogen-bond acceptors (Lipinski definition) is 5. The number of hydrogen-bond donors (Lipinski definition) is 1. The molecule has 1 heterocycles. The van der Waals surface area contributed by atoms with Gasteiger partial charge in [-0.3, -0.25) is 24.1 Å². The lowest BCUT2D eigenvalue weighted by Gasteiger charge is -2.13. The van der Waals surface area contributed by atoms with Gasteiger partial charge in [0.2, 0.25) is 5.91 Å². The predicted molar refractivity (Wildman–Crippen MR) is 72.4 cm³/mol. The summed E-state index contributed by atoms with van der Waals surface area (Å²) in [6, 6.07) is 6.60. The van der Waals surface area contributed by atoms with Crippen molar-refractivity contribution in [3.63, 3.8) is 0 Å². The second kappa shape index (κ2) is 6.96. The van der Waals surface area contributed by atoms with Gasteiger partial charge in [-0.15, -0.1) is 0 Å². The first kappa shape index (κ1) is 15.1. The standard InChI is InChI=1S/C14H16N2O5/c1-20-8-9-21-15-12(17)6-7-16-13(18)10-4-2-3-5-11(10)14(16)19/h2-5H,6-9H2,1H3,(H,15,17). The van der Waals surface area contributed by atoms with Gasteiger partial charge in [-0.05, 0) is 12.1 Å². The second-order valence-electron chi connectivity index (χ2n) is 4.42. The summed E-state index contributed by atoms with van der Waals surface area (Å²) in [6.07, 6.45) is -0.0154. The zero-order chi connectivity index (χ0) is 15.2. The fourth-order valence-electron chi connectivity index (χ4n) is 1.96. The molecule has 0 fully saturated rings. The van der Waals surface area contributed by atoms with E-state index in [0.29, 0.717) is 17.7 Å². The number of nitrogens with zero attached hydrogens (tertiary/aromatic N) is 1. The fraction of sp³-hybridized carbons (Fsp3) is 0.357. The maximum Gasteiger partial charge on any atom is 0.261 e. The highest BCUT2D eigenvalue weighted by molar-refractivity contribution is 6.21. The van der Waals surface area contributed by atoms with Gasteiger partial charge in [0.15, 0.2) is 0 Å². The number of nitrogens with one attached hydrogen (secondary N) is 1. The Hall–Kier alpha value is -2.25. The van der Waals surface area contributed by atoms with Crippen molar-refractivity contribution in [1.82, 2.24) is 10.4 Å². The summed E-state index contributed by atoms with van der Waals surface area (Å²) in [6.45, 7) is 0.611. The van der Waals surface area contributed by atoms with E-state index in [0.717, 1.165) is 4.90 Å². The number of amides is 3. The number of carbonyl (C=O) groups excluding carboxylic acids is 3. The molecule has 7 nitrogen and oxygen atoms in total. The van der Waals surface area contributed by atoms with E-state index in [1.807, 2.05) is 0 Å². The minimum Gasteiger partial charge on any atom is -0.382 e. The highest BCUT2D eigenvalue weighted by Gasteiger charge is 2.34. The summed E-state index contributed by atoms with van der Waals surface area (Å²) in [5, 5.41) is 0. The van der Waals surface area contributed by atoms with Crippen LogP contribution < -0.4 is 5.48 Å². The normalized spacial score (nSPS) is 13.5. The van der Waals surface area contributed by atoms with Crippen molar-refractivity contribution in [1.29, 1.82) is 0 Å². The predicted octanol–water partition coefficient (Wildman–Crippen LogP) is 0.367. The van der Waals surface area contributed by atoms with Crippen molar-refractivity contribution in [2.45, 2.75) is 6.42 Å². The number of imide groups is 1. The Morgan fingerprint density at radius 3 is 2.33 bits per heavy atom. The van der Waals surface area contributed by atoms with Crippen molar-refractivity contribution in [3.05, 3.63) is 35.4 Å². The third-order valence-electron chi connectivity index (χ3n) is 3.02. The largest absolute Gasteiger partial charge is 0.382 e. The summed E-state index contributed by atoms with van der Waals surface area (Å²) in [5.74, 6) is -1.14. The lowest BCUT2D eigenvalue weighted by molar-refractivity contribution is -0.134. The maximum atomic E-state index is 12.0. The summed E-state index contributed by atoms with van der Waals surface area (Å²) >= 11 is 0. The number of methoxy groups -OCH3 is 1. The minimum atomic E-state index is -0.400. The van der Waals surface area contributed by atoms with E-state index in [9.17, 15) is 14.4 Å². The van der Waals surface area contributed by atoms with E-state index < -0.39 is 5.91 Å². The molecule has 0 radical (unpaired) electrons. The molecule has 0 saturated carbocycles. The van der Waals surface area contributed by atoms with Gasteiger partial charge in [0.25, 0.3) is 11.8 Å². The number of hydroxylamine groups is 1. The number of ether oxygens (including phenoxy) is 1. The third-order valence-corrected chi connectivity index (χ3v) is 3.02. The summed E-state index contributed by atoms with van der Waals surface area (Å²) in [4.78, 5) is 41.5. The van der Waals surface area contributed by atoms with Crippen molar-refractivity contribution in [3.8, 4) is 0 Å². The van der Waals surface area contributed by atoms with Gasteiger partial charge in [-0.1, -0.05) is 12.1 Å². The van der Waals surface area contributed by atoms with Crippen molar-refractivity contribution < 1.29 is 24.0 Å². The molecular formula is C14H16N2O5. The maximum absolute atomic E-state index is 12.0. The molecule has 0 unspecified atom stereocenters. The first-order valence-electron chi connectivity index (χ1n) is 6.50. The van der Waals surface area contributed by atoms with E-state index in [1.54, 1.807) is 24.3 Å². The van der Waals surface area contributed by atoms with Gasteiger partial charge in [-0.25, -0.2) is 5.48 Å². The Morgan fingerprint density at radius 2 is 1.76 bits per heavy atom. The molecule has 1 aliphatic rings. The summed E-state index contributed by atoms with van der Waals surface area (Å²) in [7, 11) is 1.52. The van der Waals surface area contributed by atoms with Crippen LogP contribution in [0.4, 0.5) is 0 Å². The molecule has 0 spiro atoms.